The molecule has 0 aromatic carbocycles. The van der Waals surface area contributed by atoms with Crippen LogP contribution in [0.3, 0.4) is 0 Å². The van der Waals surface area contributed by atoms with E-state index in [-0.39, 0.29) is 6.04 Å². The second-order valence-electron chi connectivity index (χ2n) is 3.69. The van der Waals surface area contributed by atoms with Crippen LogP contribution in [0.1, 0.15) is 26.2 Å². The second-order valence-corrected chi connectivity index (χ2v) is 5.17. The van der Waals surface area contributed by atoms with Crippen LogP contribution in [0, 0.1) is 5.41 Å². The first-order chi connectivity index (χ1) is 6.11. The van der Waals surface area contributed by atoms with Crippen molar-refractivity contribution < 1.29 is 4.21 Å². The van der Waals surface area contributed by atoms with Crippen molar-refractivity contribution in [3.63, 3.8) is 0 Å². The molecule has 3 nitrogen and oxygen atoms in total. The molecule has 1 fully saturated rings. The first kappa shape index (κ1) is 10.7. The molecule has 4 heteroatoms. The topological polar surface area (TPSA) is 44.2 Å². The van der Waals surface area contributed by atoms with Crippen molar-refractivity contribution in [2.75, 3.05) is 18.6 Å². The fourth-order valence-electron chi connectivity index (χ4n) is 1.77. The maximum Gasteiger partial charge on any atom is 0.0960 e. The monoisotopic (exact) mass is 202 g/mol. The van der Waals surface area contributed by atoms with E-state index in [0.29, 0.717) is 5.75 Å². The zero-order valence-electron chi connectivity index (χ0n) is 8.38. The van der Waals surface area contributed by atoms with Crippen LogP contribution in [-0.4, -0.2) is 39.5 Å². The third kappa shape index (κ3) is 3.10. The molecule has 0 saturated carbocycles. The van der Waals surface area contributed by atoms with Crippen molar-refractivity contribution >= 4 is 16.6 Å². The molecule has 1 rings (SSSR count). The largest absolute Gasteiger partial charge is 0.357 e. The highest BCUT2D eigenvalue weighted by Crippen LogP contribution is 2.14. The molecule has 1 saturated heterocycles. The van der Waals surface area contributed by atoms with Crippen molar-refractivity contribution in [2.24, 2.45) is 0 Å². The lowest BCUT2D eigenvalue weighted by Gasteiger charge is -2.34. The summed E-state index contributed by atoms with van der Waals surface area (Å²) in [5.41, 5.74) is 0. The van der Waals surface area contributed by atoms with Gasteiger partial charge >= 0.3 is 0 Å². The first-order valence-corrected chi connectivity index (χ1v) is 6.48. The molecule has 0 radical (unpaired) electrons. The van der Waals surface area contributed by atoms with Crippen LogP contribution in [0.4, 0.5) is 0 Å². The van der Waals surface area contributed by atoms with Gasteiger partial charge in [0.25, 0.3) is 0 Å². The van der Waals surface area contributed by atoms with Gasteiger partial charge in [0.1, 0.15) is 0 Å². The van der Waals surface area contributed by atoms with Crippen LogP contribution in [0.2, 0.25) is 0 Å². The van der Waals surface area contributed by atoms with Crippen molar-refractivity contribution in [2.45, 2.75) is 32.2 Å². The van der Waals surface area contributed by atoms with Crippen LogP contribution in [0.15, 0.2) is 0 Å². The Hall–Kier alpha value is -0.380. The highest BCUT2D eigenvalue weighted by atomic mass is 32.2. The lowest BCUT2D eigenvalue weighted by atomic mass is 10.1. The summed E-state index contributed by atoms with van der Waals surface area (Å²) in [7, 11) is -0.751. The van der Waals surface area contributed by atoms with E-state index in [2.05, 4.69) is 11.8 Å². The quantitative estimate of drug-likeness (QED) is 0.748. The Morgan fingerprint density at radius 1 is 1.62 bits per heavy atom. The molecule has 0 aromatic heterocycles. The zero-order chi connectivity index (χ0) is 9.84. The van der Waals surface area contributed by atoms with Gasteiger partial charge in [-0.2, -0.15) is 0 Å². The molecule has 1 aliphatic heterocycles. The molecule has 13 heavy (non-hydrogen) atoms. The molecule has 0 spiro atoms. The minimum Gasteiger partial charge on any atom is -0.357 e. The van der Waals surface area contributed by atoms with Crippen LogP contribution < -0.4 is 0 Å². The molecule has 2 unspecified atom stereocenters. The van der Waals surface area contributed by atoms with E-state index in [9.17, 15) is 4.21 Å². The van der Waals surface area contributed by atoms with Gasteiger partial charge in [-0.05, 0) is 19.8 Å². The van der Waals surface area contributed by atoms with Gasteiger partial charge in [0, 0.05) is 41.8 Å². The number of hydrogen-bond acceptors (Lipinski definition) is 2. The molecule has 76 valence electrons. The van der Waals surface area contributed by atoms with E-state index < -0.39 is 10.8 Å². The van der Waals surface area contributed by atoms with Crippen molar-refractivity contribution in [3.05, 3.63) is 0 Å². The van der Waals surface area contributed by atoms with E-state index in [1.54, 1.807) is 6.26 Å². The maximum absolute atomic E-state index is 11.0. The predicted molar refractivity (Wildman–Crippen MR) is 56.7 cm³/mol. The number of hydrogen-bond donors (Lipinski definition) is 1. The molecule has 0 aromatic rings. The zero-order valence-corrected chi connectivity index (χ0v) is 9.19. The Morgan fingerprint density at radius 2 is 2.31 bits per heavy atom. The van der Waals surface area contributed by atoms with Crippen molar-refractivity contribution in [1.82, 2.24) is 4.90 Å². The van der Waals surface area contributed by atoms with Crippen molar-refractivity contribution in [3.8, 4) is 0 Å². The average Bonchev–Trinajstić information content (AvgIpc) is 2.03. The van der Waals surface area contributed by atoms with Crippen LogP contribution in [0.25, 0.3) is 0 Å². The summed E-state index contributed by atoms with van der Waals surface area (Å²) in [6.07, 6.45) is 4.92. The van der Waals surface area contributed by atoms with E-state index in [0.717, 1.165) is 25.2 Å². The number of rotatable bonds is 3. The van der Waals surface area contributed by atoms with Gasteiger partial charge in [-0.25, -0.2) is 0 Å². The molecule has 1 aliphatic rings. The van der Waals surface area contributed by atoms with Gasteiger partial charge in [0.15, 0.2) is 0 Å². The Morgan fingerprint density at radius 3 is 2.85 bits per heavy atom. The maximum atomic E-state index is 11.0. The van der Waals surface area contributed by atoms with Gasteiger partial charge in [-0.1, -0.05) is 0 Å². The number of likely N-dealkylation sites (tertiary alicyclic amines) is 1. The summed E-state index contributed by atoms with van der Waals surface area (Å²) >= 11 is 0. The van der Waals surface area contributed by atoms with E-state index >= 15 is 0 Å². The minimum absolute atomic E-state index is 0.263. The molecule has 1 N–H and O–H groups in total. The summed E-state index contributed by atoms with van der Waals surface area (Å²) in [5.74, 6) is 1.41. The molecule has 0 bridgehead atoms. The fourth-order valence-corrected chi connectivity index (χ4v) is 2.63. The van der Waals surface area contributed by atoms with Gasteiger partial charge in [-0.15, -0.1) is 0 Å². The number of nitrogens with one attached hydrogen (secondary N) is 1. The summed E-state index contributed by atoms with van der Waals surface area (Å²) in [5, 5.41) is 7.75. The van der Waals surface area contributed by atoms with E-state index in [4.69, 9.17) is 5.41 Å². The average molecular weight is 202 g/mol. The Balaban J connectivity index is 2.48. The van der Waals surface area contributed by atoms with Crippen LogP contribution in [-0.2, 0) is 10.8 Å². The number of nitrogens with zero attached hydrogens (tertiary/aromatic N) is 1. The fraction of sp³-hybridized carbons (Fsp3) is 0.889. The molecule has 2 atom stereocenters. The number of amidine groups is 1. The van der Waals surface area contributed by atoms with E-state index in [1.807, 2.05) is 0 Å². The van der Waals surface area contributed by atoms with Gasteiger partial charge in [-0.3, -0.25) is 9.62 Å². The molecule has 1 heterocycles. The smallest absolute Gasteiger partial charge is 0.0960 e. The molecular weight excluding hydrogens is 184 g/mol. The number of piperidine rings is 1. The standard InChI is InChI=1S/C9H18N2OS/c1-8(7-13(2)12)11-6-4-3-5-9(11)10/h8,10H,3-7H2,1-2H3. The normalized spacial score (nSPS) is 22.9. The summed E-state index contributed by atoms with van der Waals surface area (Å²) in [6, 6.07) is 0.263. The highest BCUT2D eigenvalue weighted by Gasteiger charge is 2.20. The summed E-state index contributed by atoms with van der Waals surface area (Å²) in [4.78, 5) is 2.09. The lowest BCUT2D eigenvalue weighted by Crippen LogP contribution is -2.43. The predicted octanol–water partition coefficient (Wildman–Crippen LogP) is 1.22. The third-order valence-electron chi connectivity index (χ3n) is 2.42. The van der Waals surface area contributed by atoms with Crippen LogP contribution in [0.5, 0.6) is 0 Å². The molecule has 0 amide bonds. The molecular formula is C9H18N2OS. The summed E-state index contributed by atoms with van der Waals surface area (Å²) < 4.78 is 11.0. The first-order valence-electron chi connectivity index (χ1n) is 4.75. The second kappa shape index (κ2) is 4.74. The molecule has 0 aliphatic carbocycles. The minimum atomic E-state index is -0.751. The summed E-state index contributed by atoms with van der Waals surface area (Å²) in [6.45, 7) is 3.03. The third-order valence-corrected chi connectivity index (χ3v) is 3.37. The van der Waals surface area contributed by atoms with E-state index in [1.165, 1.54) is 6.42 Å². The Labute approximate surface area is 82.5 Å². The SMILES string of the molecule is CC(CS(C)=O)N1CCCCC1=N. The van der Waals surface area contributed by atoms with Crippen LogP contribution >= 0.6 is 0 Å². The van der Waals surface area contributed by atoms with Gasteiger partial charge < -0.3 is 4.90 Å². The lowest BCUT2D eigenvalue weighted by molar-refractivity contribution is 0.314. The van der Waals surface area contributed by atoms with Gasteiger partial charge in [0.05, 0.1) is 5.84 Å². The van der Waals surface area contributed by atoms with Crippen molar-refractivity contribution in [1.29, 1.82) is 5.41 Å². The Kier molecular flexibility index (Phi) is 3.90. The van der Waals surface area contributed by atoms with Gasteiger partial charge in [0.2, 0.25) is 0 Å². The highest BCUT2D eigenvalue weighted by molar-refractivity contribution is 7.84. The Bertz CT molecular complexity index is 218.